The molecule has 0 aliphatic carbocycles. The second-order valence-corrected chi connectivity index (χ2v) is 8.43. The van der Waals surface area contributed by atoms with Crippen LogP contribution in [-0.4, -0.2) is 31.7 Å². The van der Waals surface area contributed by atoms with Gasteiger partial charge >= 0.3 is 0 Å². The van der Waals surface area contributed by atoms with E-state index >= 15 is 0 Å². The Kier molecular flexibility index (Phi) is 7.56. The monoisotopic (exact) mass is 388 g/mol. The van der Waals surface area contributed by atoms with Crippen LogP contribution in [0, 0.1) is 6.92 Å². The minimum atomic E-state index is -3.44. The zero-order valence-electron chi connectivity index (χ0n) is 16.2. The maximum atomic E-state index is 12.5. The Hall–Kier alpha value is -2.18. The smallest absolute Gasteiger partial charge is 0.243 e. The summed E-state index contributed by atoms with van der Waals surface area (Å²) < 4.78 is 26.4. The predicted molar refractivity (Wildman–Crippen MR) is 108 cm³/mol. The molecule has 0 aliphatic heterocycles. The van der Waals surface area contributed by atoms with E-state index in [1.165, 1.54) is 9.87 Å². The van der Waals surface area contributed by atoms with Crippen molar-refractivity contribution in [3.8, 4) is 0 Å². The number of amides is 1. The number of carbonyl (C=O) groups is 1. The Morgan fingerprint density at radius 2 is 1.48 bits per heavy atom. The molecule has 146 valence electrons. The third-order valence-corrected chi connectivity index (χ3v) is 6.58. The van der Waals surface area contributed by atoms with E-state index in [-0.39, 0.29) is 5.91 Å². The lowest BCUT2D eigenvalue weighted by molar-refractivity contribution is -0.121. The van der Waals surface area contributed by atoms with E-state index in [1.54, 1.807) is 24.3 Å². The summed E-state index contributed by atoms with van der Waals surface area (Å²) in [4.78, 5) is 12.3. The Bertz CT molecular complexity index is 840. The molecule has 6 heteroatoms. The molecule has 0 radical (unpaired) electrons. The number of hydrogen-bond donors (Lipinski definition) is 1. The van der Waals surface area contributed by atoms with Gasteiger partial charge < -0.3 is 5.32 Å². The second kappa shape index (κ2) is 9.67. The third-order valence-electron chi connectivity index (χ3n) is 4.52. The van der Waals surface area contributed by atoms with Gasteiger partial charge in [-0.15, -0.1) is 0 Å². The summed E-state index contributed by atoms with van der Waals surface area (Å²) in [5.41, 5.74) is 3.20. The van der Waals surface area contributed by atoms with E-state index in [0.717, 1.165) is 11.1 Å². The van der Waals surface area contributed by atoms with Gasteiger partial charge in [0.25, 0.3) is 0 Å². The summed E-state index contributed by atoms with van der Waals surface area (Å²) >= 11 is 0. The van der Waals surface area contributed by atoms with Crippen LogP contribution in [0.2, 0.25) is 0 Å². The maximum absolute atomic E-state index is 12.5. The topological polar surface area (TPSA) is 66.5 Å². The predicted octanol–water partition coefficient (Wildman–Crippen LogP) is 3.27. The number of rotatable bonds is 9. The van der Waals surface area contributed by atoms with Crippen molar-refractivity contribution in [2.24, 2.45) is 0 Å². The van der Waals surface area contributed by atoms with Crippen LogP contribution in [0.4, 0.5) is 0 Å². The molecule has 0 saturated carbocycles. The number of nitrogens with zero attached hydrogens (tertiary/aromatic N) is 1. The van der Waals surface area contributed by atoms with Gasteiger partial charge in [-0.3, -0.25) is 4.79 Å². The van der Waals surface area contributed by atoms with Crippen LogP contribution < -0.4 is 5.32 Å². The van der Waals surface area contributed by atoms with E-state index in [1.807, 2.05) is 45.0 Å². The summed E-state index contributed by atoms with van der Waals surface area (Å²) in [6.45, 7) is 7.08. The standard InChI is InChI=1S/C21H28N2O3S/c1-4-23(5-2)27(25,26)20-13-10-18(11-14-20)12-15-21(24)22-16-19-8-6-17(3)7-9-19/h6-11,13-14H,4-5,12,15-16H2,1-3H3,(H,22,24). The molecule has 0 atom stereocenters. The minimum Gasteiger partial charge on any atom is -0.352 e. The molecule has 27 heavy (non-hydrogen) atoms. The summed E-state index contributed by atoms with van der Waals surface area (Å²) in [6, 6.07) is 14.9. The molecule has 0 saturated heterocycles. The fraction of sp³-hybridized carbons (Fsp3) is 0.381. The number of carbonyl (C=O) groups excluding carboxylic acids is 1. The van der Waals surface area contributed by atoms with Crippen molar-refractivity contribution in [1.82, 2.24) is 9.62 Å². The van der Waals surface area contributed by atoms with Crippen LogP contribution in [0.15, 0.2) is 53.4 Å². The summed E-state index contributed by atoms with van der Waals surface area (Å²) in [5, 5.41) is 2.91. The highest BCUT2D eigenvalue weighted by molar-refractivity contribution is 7.89. The van der Waals surface area contributed by atoms with Gasteiger partial charge in [0.1, 0.15) is 0 Å². The maximum Gasteiger partial charge on any atom is 0.243 e. The number of hydrogen-bond acceptors (Lipinski definition) is 3. The van der Waals surface area contributed by atoms with Gasteiger partial charge in [-0.25, -0.2) is 8.42 Å². The first-order valence-electron chi connectivity index (χ1n) is 9.28. The van der Waals surface area contributed by atoms with Gasteiger partial charge in [-0.1, -0.05) is 55.8 Å². The molecule has 0 unspecified atom stereocenters. The van der Waals surface area contributed by atoms with Gasteiger partial charge in [0.15, 0.2) is 0 Å². The Labute approximate surface area is 162 Å². The van der Waals surface area contributed by atoms with E-state index in [2.05, 4.69) is 5.32 Å². The van der Waals surface area contributed by atoms with Crippen LogP contribution in [0.5, 0.6) is 0 Å². The Balaban J connectivity index is 1.87. The van der Waals surface area contributed by atoms with Crippen molar-refractivity contribution in [3.63, 3.8) is 0 Å². The second-order valence-electron chi connectivity index (χ2n) is 6.50. The average Bonchev–Trinajstić information content (AvgIpc) is 2.67. The molecule has 0 fully saturated rings. The molecule has 2 rings (SSSR count). The quantitative estimate of drug-likeness (QED) is 0.717. The molecule has 1 amide bonds. The summed E-state index contributed by atoms with van der Waals surface area (Å²) in [6.07, 6.45) is 0.944. The first-order chi connectivity index (χ1) is 12.9. The molecule has 0 aliphatic rings. The molecule has 0 aromatic heterocycles. The van der Waals surface area contributed by atoms with Crippen molar-refractivity contribution in [3.05, 3.63) is 65.2 Å². The third kappa shape index (κ3) is 5.91. The highest BCUT2D eigenvalue weighted by Gasteiger charge is 2.21. The van der Waals surface area contributed by atoms with Gasteiger partial charge in [0, 0.05) is 26.1 Å². The number of nitrogens with one attached hydrogen (secondary N) is 1. The van der Waals surface area contributed by atoms with Crippen molar-refractivity contribution in [1.29, 1.82) is 0 Å². The lowest BCUT2D eigenvalue weighted by Crippen LogP contribution is -2.30. The van der Waals surface area contributed by atoms with E-state index in [4.69, 9.17) is 0 Å². The van der Waals surface area contributed by atoms with Gasteiger partial charge in [-0.2, -0.15) is 4.31 Å². The van der Waals surface area contributed by atoms with Gasteiger partial charge in [-0.05, 0) is 36.6 Å². The van der Waals surface area contributed by atoms with E-state index in [9.17, 15) is 13.2 Å². The highest BCUT2D eigenvalue weighted by Crippen LogP contribution is 2.17. The zero-order valence-corrected chi connectivity index (χ0v) is 17.1. The van der Waals surface area contributed by atoms with Gasteiger partial charge in [0.2, 0.25) is 15.9 Å². The minimum absolute atomic E-state index is 0.0181. The molecular weight excluding hydrogens is 360 g/mol. The molecule has 5 nitrogen and oxygen atoms in total. The van der Waals surface area contributed by atoms with Crippen LogP contribution in [-0.2, 0) is 27.8 Å². The lowest BCUT2D eigenvalue weighted by atomic mass is 10.1. The molecule has 2 aromatic rings. The normalized spacial score (nSPS) is 11.6. The van der Waals surface area contributed by atoms with Crippen molar-refractivity contribution < 1.29 is 13.2 Å². The molecule has 0 spiro atoms. The zero-order chi connectivity index (χ0) is 19.9. The first kappa shape index (κ1) is 21.1. The lowest BCUT2D eigenvalue weighted by Gasteiger charge is -2.18. The molecule has 2 aromatic carbocycles. The average molecular weight is 389 g/mol. The molecule has 0 bridgehead atoms. The first-order valence-corrected chi connectivity index (χ1v) is 10.7. The molecular formula is C21H28N2O3S. The van der Waals surface area contributed by atoms with Crippen LogP contribution in [0.25, 0.3) is 0 Å². The van der Waals surface area contributed by atoms with Crippen molar-refractivity contribution in [2.75, 3.05) is 13.1 Å². The number of benzene rings is 2. The SMILES string of the molecule is CCN(CC)S(=O)(=O)c1ccc(CCC(=O)NCc2ccc(C)cc2)cc1. The van der Waals surface area contributed by atoms with Crippen LogP contribution >= 0.6 is 0 Å². The molecule has 1 N–H and O–H groups in total. The van der Waals surface area contributed by atoms with Crippen LogP contribution in [0.3, 0.4) is 0 Å². The fourth-order valence-electron chi connectivity index (χ4n) is 2.79. The Morgan fingerprint density at radius 1 is 0.926 bits per heavy atom. The molecule has 0 heterocycles. The summed E-state index contributed by atoms with van der Waals surface area (Å²) in [7, 11) is -3.44. The fourth-order valence-corrected chi connectivity index (χ4v) is 4.25. The van der Waals surface area contributed by atoms with Crippen molar-refractivity contribution >= 4 is 15.9 Å². The van der Waals surface area contributed by atoms with E-state index < -0.39 is 10.0 Å². The number of aryl methyl sites for hydroxylation is 2. The number of sulfonamides is 1. The highest BCUT2D eigenvalue weighted by atomic mass is 32.2. The largest absolute Gasteiger partial charge is 0.352 e. The summed E-state index contributed by atoms with van der Waals surface area (Å²) in [5.74, 6) is -0.0181. The van der Waals surface area contributed by atoms with E-state index in [0.29, 0.717) is 37.4 Å². The van der Waals surface area contributed by atoms with Gasteiger partial charge in [0.05, 0.1) is 4.90 Å². The Morgan fingerprint density at radius 3 is 2.04 bits per heavy atom. The van der Waals surface area contributed by atoms with Crippen LogP contribution in [0.1, 0.15) is 37.0 Å². The van der Waals surface area contributed by atoms with Crippen molar-refractivity contribution in [2.45, 2.75) is 45.1 Å².